The van der Waals surface area contributed by atoms with E-state index in [-0.39, 0.29) is 6.54 Å². The molecule has 8 heteroatoms. The second-order valence-corrected chi connectivity index (χ2v) is 8.36. The Hall–Kier alpha value is -3.13. The number of thiazole rings is 1. The van der Waals surface area contributed by atoms with Crippen molar-refractivity contribution in [3.8, 4) is 10.9 Å². The number of fused-ring (bicyclic) bond motifs is 2. The molecule has 1 N–H and O–H groups in total. The summed E-state index contributed by atoms with van der Waals surface area (Å²) in [5.74, 6) is 0.596. The summed E-state index contributed by atoms with van der Waals surface area (Å²) in [5.41, 5.74) is 1.58. The summed E-state index contributed by atoms with van der Waals surface area (Å²) in [6, 6.07) is 9.28. The van der Waals surface area contributed by atoms with Crippen LogP contribution < -0.4 is 4.74 Å². The van der Waals surface area contributed by atoms with Crippen molar-refractivity contribution in [1.82, 2.24) is 14.9 Å². The number of hydrogen-bond acceptors (Lipinski definition) is 6. The van der Waals surface area contributed by atoms with Gasteiger partial charge in [0.2, 0.25) is 0 Å². The number of pyridine rings is 1. The van der Waals surface area contributed by atoms with Gasteiger partial charge in [-0.3, -0.25) is 4.90 Å². The maximum absolute atomic E-state index is 11.6. The van der Waals surface area contributed by atoms with Crippen LogP contribution in [0, 0.1) is 0 Å². The molecule has 0 aliphatic carbocycles. The maximum Gasteiger partial charge on any atom is 0.408 e. The van der Waals surface area contributed by atoms with Crippen LogP contribution >= 0.6 is 11.3 Å². The molecular formula is C20H19N3O4S. The lowest BCUT2D eigenvalue weighted by Gasteiger charge is -2.32. The molecule has 1 amide bonds. The van der Waals surface area contributed by atoms with Gasteiger partial charge in [-0.1, -0.05) is 11.3 Å². The van der Waals surface area contributed by atoms with Crippen molar-refractivity contribution in [2.24, 2.45) is 0 Å². The number of ether oxygens (including phenoxy) is 1. The molecule has 0 atom stereocenters. The Bertz CT molecular complexity index is 1130. The smallest absolute Gasteiger partial charge is 0.408 e. The molecule has 144 valence electrons. The van der Waals surface area contributed by atoms with E-state index in [0.717, 1.165) is 15.6 Å². The van der Waals surface area contributed by atoms with E-state index in [2.05, 4.69) is 9.97 Å². The third-order valence-electron chi connectivity index (χ3n) is 4.35. The molecule has 28 heavy (non-hydrogen) atoms. The molecule has 0 unspecified atom stereocenters. The van der Waals surface area contributed by atoms with E-state index in [1.807, 2.05) is 45.0 Å². The van der Waals surface area contributed by atoms with E-state index in [9.17, 15) is 9.90 Å². The van der Waals surface area contributed by atoms with Gasteiger partial charge in [-0.25, -0.2) is 9.78 Å². The standard InChI is InChI=1S/C20H19N3O4S/c1-20(2,3)23(19(24)25)10-12-11-26-15-9-13(6-7-14(12)15)27-18-22-17-16(28-18)5-4-8-21-17/h4-9,11H,10H2,1-3H3,(H,24,25). The first-order valence-corrected chi connectivity index (χ1v) is 9.53. The van der Waals surface area contributed by atoms with E-state index in [1.54, 1.807) is 18.5 Å². The molecule has 1 aromatic carbocycles. The van der Waals surface area contributed by atoms with Crippen LogP contribution in [0.4, 0.5) is 4.79 Å². The number of hydrogen-bond donors (Lipinski definition) is 1. The van der Waals surface area contributed by atoms with Crippen molar-refractivity contribution in [3.63, 3.8) is 0 Å². The highest BCUT2D eigenvalue weighted by Gasteiger charge is 2.27. The molecular weight excluding hydrogens is 378 g/mol. The Morgan fingerprint density at radius 1 is 1.32 bits per heavy atom. The number of carbonyl (C=O) groups is 1. The third-order valence-corrected chi connectivity index (χ3v) is 5.23. The Morgan fingerprint density at radius 2 is 2.14 bits per heavy atom. The average Bonchev–Trinajstić information content (AvgIpc) is 3.21. The molecule has 0 spiro atoms. The summed E-state index contributed by atoms with van der Waals surface area (Å²) < 4.78 is 12.5. The van der Waals surface area contributed by atoms with Crippen LogP contribution in [0.15, 0.2) is 47.2 Å². The van der Waals surface area contributed by atoms with Crippen molar-refractivity contribution < 1.29 is 19.1 Å². The molecule has 7 nitrogen and oxygen atoms in total. The quantitative estimate of drug-likeness (QED) is 0.488. The molecule has 0 saturated carbocycles. The van der Waals surface area contributed by atoms with Crippen LogP contribution in [0.5, 0.6) is 10.9 Å². The number of furan rings is 1. The molecule has 0 radical (unpaired) electrons. The fourth-order valence-corrected chi connectivity index (χ4v) is 3.70. The van der Waals surface area contributed by atoms with Crippen molar-refractivity contribution in [2.45, 2.75) is 32.9 Å². The minimum atomic E-state index is -0.966. The summed E-state index contributed by atoms with van der Waals surface area (Å²) in [5, 5.41) is 10.9. The summed E-state index contributed by atoms with van der Waals surface area (Å²) in [6.45, 7) is 5.84. The SMILES string of the molecule is CC(C)(C)N(Cc1coc2cc(Oc3nc4ncccc4s3)ccc12)C(=O)O. The minimum absolute atomic E-state index is 0.246. The number of benzene rings is 1. The molecule has 0 fully saturated rings. The molecule has 0 aliphatic heterocycles. The summed E-state index contributed by atoms with van der Waals surface area (Å²) in [4.78, 5) is 21.6. The Labute approximate surface area is 165 Å². The largest absolute Gasteiger partial charge is 0.465 e. The first-order valence-electron chi connectivity index (χ1n) is 8.71. The monoisotopic (exact) mass is 397 g/mol. The zero-order valence-electron chi connectivity index (χ0n) is 15.7. The first-order chi connectivity index (χ1) is 13.3. The normalized spacial score (nSPS) is 11.8. The van der Waals surface area contributed by atoms with Gasteiger partial charge in [0, 0.05) is 28.8 Å². The van der Waals surface area contributed by atoms with Crippen LogP contribution in [-0.2, 0) is 6.54 Å². The number of amides is 1. The van der Waals surface area contributed by atoms with Crippen LogP contribution in [0.3, 0.4) is 0 Å². The Morgan fingerprint density at radius 3 is 2.86 bits per heavy atom. The van der Waals surface area contributed by atoms with Gasteiger partial charge in [0.25, 0.3) is 5.19 Å². The number of nitrogens with zero attached hydrogens (tertiary/aromatic N) is 3. The van der Waals surface area contributed by atoms with Gasteiger partial charge in [-0.15, -0.1) is 0 Å². The zero-order chi connectivity index (χ0) is 19.9. The van der Waals surface area contributed by atoms with Crippen LogP contribution in [0.1, 0.15) is 26.3 Å². The molecule has 4 aromatic rings. The van der Waals surface area contributed by atoms with Crippen LogP contribution in [-0.4, -0.2) is 31.6 Å². The summed E-state index contributed by atoms with van der Waals surface area (Å²) >= 11 is 1.42. The highest BCUT2D eigenvalue weighted by Crippen LogP contribution is 2.33. The van der Waals surface area contributed by atoms with Gasteiger partial charge in [-0.05, 0) is 45.0 Å². The van der Waals surface area contributed by atoms with E-state index < -0.39 is 11.6 Å². The van der Waals surface area contributed by atoms with Crippen LogP contribution in [0.2, 0.25) is 0 Å². The fraction of sp³-hybridized carbons (Fsp3) is 0.250. The zero-order valence-corrected chi connectivity index (χ0v) is 16.5. The fourth-order valence-electron chi connectivity index (χ4n) is 2.91. The van der Waals surface area contributed by atoms with Crippen LogP contribution in [0.25, 0.3) is 21.3 Å². The first kappa shape index (κ1) is 18.2. The van der Waals surface area contributed by atoms with Crippen molar-refractivity contribution in [1.29, 1.82) is 0 Å². The van der Waals surface area contributed by atoms with Gasteiger partial charge in [0.1, 0.15) is 11.3 Å². The lowest BCUT2D eigenvalue weighted by atomic mass is 10.0. The Balaban J connectivity index is 1.59. The maximum atomic E-state index is 11.6. The molecule has 0 bridgehead atoms. The van der Waals surface area contributed by atoms with Crippen molar-refractivity contribution in [3.05, 3.63) is 48.4 Å². The van der Waals surface area contributed by atoms with Gasteiger partial charge in [0.05, 0.1) is 17.5 Å². The second kappa shape index (κ2) is 6.79. The van der Waals surface area contributed by atoms with E-state index in [0.29, 0.717) is 22.2 Å². The van der Waals surface area contributed by atoms with Crippen molar-refractivity contribution >= 4 is 38.7 Å². The van der Waals surface area contributed by atoms with Crippen molar-refractivity contribution in [2.75, 3.05) is 0 Å². The third kappa shape index (κ3) is 3.50. The highest BCUT2D eigenvalue weighted by atomic mass is 32.1. The van der Waals surface area contributed by atoms with Gasteiger partial charge >= 0.3 is 6.09 Å². The molecule has 0 saturated heterocycles. The number of aromatic nitrogens is 2. The molecule has 0 aliphatic rings. The van der Waals surface area contributed by atoms with E-state index in [1.165, 1.54) is 16.2 Å². The number of rotatable bonds is 4. The predicted octanol–water partition coefficient (Wildman–Crippen LogP) is 5.51. The van der Waals surface area contributed by atoms with Gasteiger partial charge in [0.15, 0.2) is 5.65 Å². The highest BCUT2D eigenvalue weighted by molar-refractivity contribution is 7.20. The molecule has 3 heterocycles. The Kier molecular flexibility index (Phi) is 4.43. The summed E-state index contributed by atoms with van der Waals surface area (Å²) in [7, 11) is 0. The van der Waals surface area contributed by atoms with E-state index in [4.69, 9.17) is 9.15 Å². The second-order valence-electron chi connectivity index (χ2n) is 7.37. The lowest BCUT2D eigenvalue weighted by molar-refractivity contribution is 0.0957. The van der Waals surface area contributed by atoms with Gasteiger partial charge < -0.3 is 14.3 Å². The average molecular weight is 397 g/mol. The number of carboxylic acid groups (broad SMARTS) is 1. The van der Waals surface area contributed by atoms with E-state index >= 15 is 0 Å². The molecule has 3 aromatic heterocycles. The topological polar surface area (TPSA) is 88.7 Å². The van der Waals surface area contributed by atoms with Gasteiger partial charge in [-0.2, -0.15) is 4.98 Å². The minimum Gasteiger partial charge on any atom is -0.465 e. The lowest BCUT2D eigenvalue weighted by Crippen LogP contribution is -2.44. The predicted molar refractivity (Wildman–Crippen MR) is 107 cm³/mol. The summed E-state index contributed by atoms with van der Waals surface area (Å²) in [6.07, 6.45) is 2.32. The molecule has 4 rings (SSSR count).